The number of nitrogens with one attached hydrogen (secondary N) is 1. The third-order valence-corrected chi connectivity index (χ3v) is 5.92. The first kappa shape index (κ1) is 18.5. The molecule has 5 heteroatoms. The third-order valence-electron chi connectivity index (χ3n) is 5.92. The molecule has 0 radical (unpaired) electrons. The van der Waals surface area contributed by atoms with E-state index in [2.05, 4.69) is 5.32 Å². The first-order valence-corrected chi connectivity index (χ1v) is 9.35. The summed E-state index contributed by atoms with van der Waals surface area (Å²) in [6, 6.07) is 9.38. The Morgan fingerprint density at radius 2 is 1.85 bits per heavy atom. The highest BCUT2D eigenvalue weighted by Crippen LogP contribution is 2.52. The molecule has 0 aliphatic heterocycles. The minimum atomic E-state index is -0.449. The van der Waals surface area contributed by atoms with Gasteiger partial charge in [0.1, 0.15) is 6.61 Å². The van der Waals surface area contributed by atoms with Crippen molar-refractivity contribution >= 4 is 12.1 Å². The van der Waals surface area contributed by atoms with Gasteiger partial charge in [0.2, 0.25) is 0 Å². The van der Waals surface area contributed by atoms with Gasteiger partial charge in [-0.3, -0.25) is 0 Å². The predicted molar refractivity (Wildman–Crippen MR) is 98.3 cm³/mol. The molecule has 1 aromatic rings. The number of esters is 1. The Morgan fingerprint density at radius 1 is 1.19 bits per heavy atom. The smallest absolute Gasteiger partial charge is 0.407 e. The topological polar surface area (TPSA) is 64.6 Å². The van der Waals surface area contributed by atoms with Crippen LogP contribution in [-0.4, -0.2) is 25.2 Å². The van der Waals surface area contributed by atoms with Gasteiger partial charge in [-0.15, -0.1) is 0 Å². The van der Waals surface area contributed by atoms with Crippen LogP contribution >= 0.6 is 0 Å². The average molecular weight is 357 g/mol. The standard InChI is InChI=1S/C21H27NO4/c1-25-19(23)8-7-18(21-12-9-16(10-13-21)11-14-21)22-20(24)26-15-17-5-3-2-4-6-17/h2-8,16,18H,9-15H2,1H3,(H,22,24)/b8-7+/t16?,18-,21?/m0/s1. The second-order valence-electron chi connectivity index (χ2n) is 7.41. The summed E-state index contributed by atoms with van der Waals surface area (Å²) >= 11 is 0. The summed E-state index contributed by atoms with van der Waals surface area (Å²) in [4.78, 5) is 23.9. The molecule has 0 unspecified atom stereocenters. The number of ether oxygens (including phenoxy) is 2. The van der Waals surface area contributed by atoms with Gasteiger partial charge in [-0.25, -0.2) is 9.59 Å². The Bertz CT molecular complexity index is 633. The normalized spacial score (nSPS) is 25.7. The van der Waals surface area contributed by atoms with Crippen LogP contribution in [0.2, 0.25) is 0 Å². The molecule has 5 nitrogen and oxygen atoms in total. The van der Waals surface area contributed by atoms with Crippen molar-refractivity contribution in [2.24, 2.45) is 11.3 Å². The average Bonchev–Trinajstić information content (AvgIpc) is 2.71. The number of rotatable bonds is 6. The summed E-state index contributed by atoms with van der Waals surface area (Å²) in [5, 5.41) is 3.00. The first-order chi connectivity index (χ1) is 12.6. The summed E-state index contributed by atoms with van der Waals surface area (Å²) in [6.45, 7) is 0.231. The van der Waals surface area contributed by atoms with Crippen molar-refractivity contribution in [2.45, 2.75) is 51.2 Å². The molecule has 1 amide bonds. The fourth-order valence-electron chi connectivity index (χ4n) is 4.29. The van der Waals surface area contributed by atoms with Gasteiger partial charge in [-0.1, -0.05) is 36.4 Å². The van der Waals surface area contributed by atoms with E-state index < -0.39 is 12.1 Å². The predicted octanol–water partition coefficient (Wildman–Crippen LogP) is 3.98. The summed E-state index contributed by atoms with van der Waals surface area (Å²) in [5.74, 6) is 0.419. The Morgan fingerprint density at radius 3 is 2.46 bits per heavy atom. The van der Waals surface area contributed by atoms with E-state index in [1.165, 1.54) is 32.4 Å². The van der Waals surface area contributed by atoms with E-state index in [9.17, 15) is 9.59 Å². The van der Waals surface area contributed by atoms with Crippen LogP contribution in [-0.2, 0) is 20.9 Å². The van der Waals surface area contributed by atoms with E-state index in [0.717, 1.165) is 30.7 Å². The third kappa shape index (κ3) is 4.45. The lowest BCUT2D eigenvalue weighted by molar-refractivity contribution is -0.134. The molecule has 4 rings (SSSR count). The van der Waals surface area contributed by atoms with Crippen LogP contribution in [0.3, 0.4) is 0 Å². The first-order valence-electron chi connectivity index (χ1n) is 9.35. The maximum atomic E-state index is 12.4. The van der Waals surface area contributed by atoms with Crippen molar-refractivity contribution in [3.63, 3.8) is 0 Å². The van der Waals surface area contributed by atoms with Gasteiger partial charge in [-0.2, -0.15) is 0 Å². The molecule has 2 bridgehead atoms. The van der Waals surface area contributed by atoms with Gasteiger partial charge >= 0.3 is 12.1 Å². The van der Waals surface area contributed by atoms with Gasteiger partial charge in [0.25, 0.3) is 0 Å². The van der Waals surface area contributed by atoms with E-state index in [-0.39, 0.29) is 18.1 Å². The van der Waals surface area contributed by atoms with Crippen LogP contribution in [0.5, 0.6) is 0 Å². The number of hydrogen-bond acceptors (Lipinski definition) is 4. The minimum Gasteiger partial charge on any atom is -0.466 e. The Kier molecular flexibility index (Phi) is 5.96. The van der Waals surface area contributed by atoms with Gasteiger partial charge in [0, 0.05) is 6.08 Å². The highest BCUT2D eigenvalue weighted by atomic mass is 16.5. The molecule has 1 atom stereocenters. The van der Waals surface area contributed by atoms with E-state index in [1.807, 2.05) is 30.3 Å². The van der Waals surface area contributed by atoms with Crippen molar-refractivity contribution < 1.29 is 19.1 Å². The molecule has 0 saturated heterocycles. The number of carbonyl (C=O) groups excluding carboxylic acids is 2. The SMILES string of the molecule is COC(=O)/C=C/[C@H](NC(=O)OCc1ccccc1)C12CCC(CC1)CC2. The number of benzene rings is 1. The molecule has 0 heterocycles. The maximum Gasteiger partial charge on any atom is 0.407 e. The molecule has 3 aliphatic carbocycles. The molecule has 1 N–H and O–H groups in total. The van der Waals surface area contributed by atoms with Crippen LogP contribution in [0, 0.1) is 11.3 Å². The number of alkyl carbamates (subject to hydrolysis) is 1. The van der Waals surface area contributed by atoms with E-state index in [0.29, 0.717) is 0 Å². The largest absolute Gasteiger partial charge is 0.466 e. The second kappa shape index (κ2) is 8.39. The molecule has 26 heavy (non-hydrogen) atoms. The number of carbonyl (C=O) groups is 2. The molecular weight excluding hydrogens is 330 g/mol. The molecule has 0 spiro atoms. The lowest BCUT2D eigenvalue weighted by Crippen LogP contribution is -2.51. The lowest BCUT2D eigenvalue weighted by Gasteiger charge is -2.50. The molecular formula is C21H27NO4. The van der Waals surface area contributed by atoms with Gasteiger partial charge in [0.05, 0.1) is 13.2 Å². The highest BCUT2D eigenvalue weighted by molar-refractivity contribution is 5.82. The number of fused-ring (bicyclic) bond motifs is 3. The summed E-state index contributed by atoms with van der Waals surface area (Å²) < 4.78 is 10.1. The summed E-state index contributed by atoms with van der Waals surface area (Å²) in [7, 11) is 1.35. The van der Waals surface area contributed by atoms with Crippen molar-refractivity contribution in [2.75, 3.05) is 7.11 Å². The Balaban J connectivity index is 1.65. The van der Waals surface area contributed by atoms with Crippen molar-refractivity contribution in [1.82, 2.24) is 5.32 Å². The van der Waals surface area contributed by atoms with Crippen LogP contribution in [0.1, 0.15) is 44.1 Å². The lowest BCUT2D eigenvalue weighted by atomic mass is 9.57. The zero-order valence-electron chi connectivity index (χ0n) is 15.3. The summed E-state index contributed by atoms with van der Waals surface area (Å²) in [6.07, 6.45) is 9.57. The van der Waals surface area contributed by atoms with E-state index >= 15 is 0 Å². The second-order valence-corrected chi connectivity index (χ2v) is 7.41. The fraction of sp³-hybridized carbons (Fsp3) is 0.524. The molecule has 3 fully saturated rings. The molecule has 3 aliphatic rings. The number of hydrogen-bond donors (Lipinski definition) is 1. The van der Waals surface area contributed by atoms with Crippen LogP contribution < -0.4 is 5.32 Å². The molecule has 3 saturated carbocycles. The maximum absolute atomic E-state index is 12.4. The van der Waals surface area contributed by atoms with Crippen LogP contribution in [0.15, 0.2) is 42.5 Å². The Labute approximate surface area is 154 Å². The van der Waals surface area contributed by atoms with Crippen molar-refractivity contribution in [3.05, 3.63) is 48.0 Å². The summed E-state index contributed by atoms with van der Waals surface area (Å²) in [5.41, 5.74) is 0.964. The van der Waals surface area contributed by atoms with E-state index in [4.69, 9.17) is 9.47 Å². The fourth-order valence-corrected chi connectivity index (χ4v) is 4.29. The number of methoxy groups -OCH3 is 1. The van der Waals surface area contributed by atoms with Crippen molar-refractivity contribution in [1.29, 1.82) is 0 Å². The minimum absolute atomic E-state index is 0.0189. The van der Waals surface area contributed by atoms with Crippen LogP contribution in [0.25, 0.3) is 0 Å². The molecule has 140 valence electrons. The monoisotopic (exact) mass is 357 g/mol. The Hall–Kier alpha value is -2.30. The van der Waals surface area contributed by atoms with Crippen LogP contribution in [0.4, 0.5) is 4.79 Å². The van der Waals surface area contributed by atoms with Gasteiger partial charge in [-0.05, 0) is 55.4 Å². The quantitative estimate of drug-likeness (QED) is 0.618. The van der Waals surface area contributed by atoms with Gasteiger partial charge < -0.3 is 14.8 Å². The van der Waals surface area contributed by atoms with E-state index in [1.54, 1.807) is 6.08 Å². The number of amides is 1. The van der Waals surface area contributed by atoms with Crippen molar-refractivity contribution in [3.8, 4) is 0 Å². The molecule has 0 aromatic heterocycles. The van der Waals surface area contributed by atoms with Gasteiger partial charge in [0.15, 0.2) is 0 Å². The zero-order valence-corrected chi connectivity index (χ0v) is 15.3. The molecule has 1 aromatic carbocycles. The zero-order chi connectivity index (χ0) is 18.4. The highest BCUT2D eigenvalue weighted by Gasteiger charge is 2.45.